The van der Waals surface area contributed by atoms with Gasteiger partial charge < -0.3 is 21.3 Å². The number of carbonyl (C=O) groups is 2. The first-order valence-electron chi connectivity index (χ1n) is 9.50. The zero-order valence-corrected chi connectivity index (χ0v) is 16.1. The van der Waals surface area contributed by atoms with Crippen molar-refractivity contribution < 1.29 is 9.59 Å². The van der Waals surface area contributed by atoms with Crippen LogP contribution in [0, 0.1) is 0 Å². The summed E-state index contributed by atoms with van der Waals surface area (Å²) in [5, 5.41) is 10.5. The molecular weight excluding hydrogens is 370 g/mol. The first-order valence-corrected chi connectivity index (χ1v) is 9.50. The van der Waals surface area contributed by atoms with Crippen molar-refractivity contribution in [3.63, 3.8) is 0 Å². The second-order valence-electron chi connectivity index (χ2n) is 7.25. The van der Waals surface area contributed by atoms with E-state index >= 15 is 0 Å². The highest BCUT2D eigenvalue weighted by Gasteiger charge is 2.20. The van der Waals surface area contributed by atoms with Crippen molar-refractivity contribution in [2.75, 3.05) is 30.8 Å². The topological polar surface area (TPSA) is 118 Å². The zero-order chi connectivity index (χ0) is 20.4. The van der Waals surface area contributed by atoms with Gasteiger partial charge in [0.25, 0.3) is 5.91 Å². The van der Waals surface area contributed by atoms with E-state index in [-0.39, 0.29) is 17.6 Å². The monoisotopic (exact) mass is 393 g/mol. The molecule has 1 saturated heterocycles. The average molecular weight is 393 g/mol. The van der Waals surface area contributed by atoms with E-state index in [2.05, 4.69) is 32.7 Å². The van der Waals surface area contributed by atoms with Crippen LogP contribution in [0.1, 0.15) is 33.7 Å². The number of amides is 2. The second-order valence-corrected chi connectivity index (χ2v) is 7.25. The van der Waals surface area contributed by atoms with E-state index in [1.165, 1.54) is 6.33 Å². The molecule has 3 heterocycles. The molecular formula is C20H23N7O2. The summed E-state index contributed by atoms with van der Waals surface area (Å²) in [4.78, 5) is 31.0. The molecule has 29 heavy (non-hydrogen) atoms. The van der Waals surface area contributed by atoms with Gasteiger partial charge in [-0.05, 0) is 63.3 Å². The molecule has 1 aliphatic rings. The Morgan fingerprint density at radius 3 is 2.72 bits per heavy atom. The Labute approximate surface area is 167 Å². The highest BCUT2D eigenvalue weighted by atomic mass is 16.2. The van der Waals surface area contributed by atoms with Gasteiger partial charge in [-0.2, -0.15) is 5.10 Å². The molecule has 0 unspecified atom stereocenters. The summed E-state index contributed by atoms with van der Waals surface area (Å²) in [6, 6.07) is 8.88. The van der Waals surface area contributed by atoms with E-state index in [0.717, 1.165) is 31.6 Å². The van der Waals surface area contributed by atoms with Gasteiger partial charge in [0.05, 0.1) is 16.9 Å². The Bertz CT molecular complexity index is 1050. The fourth-order valence-electron chi connectivity index (χ4n) is 3.52. The molecule has 2 aromatic heterocycles. The van der Waals surface area contributed by atoms with Gasteiger partial charge in [0, 0.05) is 17.8 Å². The number of fused-ring (bicyclic) bond motifs is 1. The molecule has 4 N–H and O–H groups in total. The number of benzene rings is 1. The standard InChI is InChI=1S/C20H23N7O2/c1-26-9-6-14(7-10-26)24-15-5-4-13(19(21)28)11-16(15)25-20(29)18-17-3-2-8-27(17)23-12-22-18/h2-5,8,11-12,14,24H,6-7,9-10H2,1H3,(H2,21,28)(H,25,29). The second kappa shape index (κ2) is 7.88. The molecule has 9 heteroatoms. The van der Waals surface area contributed by atoms with Crippen LogP contribution in [0.4, 0.5) is 11.4 Å². The molecule has 0 saturated carbocycles. The number of hydrogen-bond acceptors (Lipinski definition) is 6. The van der Waals surface area contributed by atoms with Gasteiger partial charge in [0.2, 0.25) is 5.91 Å². The van der Waals surface area contributed by atoms with Gasteiger partial charge in [-0.25, -0.2) is 9.50 Å². The Balaban J connectivity index is 1.62. The van der Waals surface area contributed by atoms with Crippen LogP contribution in [0.2, 0.25) is 0 Å². The maximum Gasteiger partial charge on any atom is 0.276 e. The maximum atomic E-state index is 12.9. The minimum absolute atomic E-state index is 0.250. The number of primary amides is 1. The van der Waals surface area contributed by atoms with Gasteiger partial charge in [-0.15, -0.1) is 0 Å². The number of aromatic nitrogens is 3. The quantitative estimate of drug-likeness (QED) is 0.606. The number of hydrogen-bond donors (Lipinski definition) is 3. The lowest BCUT2D eigenvalue weighted by molar-refractivity contribution is 0.0995. The molecule has 9 nitrogen and oxygen atoms in total. The Morgan fingerprint density at radius 2 is 1.97 bits per heavy atom. The summed E-state index contributed by atoms with van der Waals surface area (Å²) in [5.41, 5.74) is 7.85. The van der Waals surface area contributed by atoms with Crippen molar-refractivity contribution >= 4 is 28.7 Å². The van der Waals surface area contributed by atoms with Crippen LogP contribution in [0.3, 0.4) is 0 Å². The molecule has 0 radical (unpaired) electrons. The minimum Gasteiger partial charge on any atom is -0.381 e. The molecule has 3 aromatic rings. The fraction of sp³-hybridized carbons (Fsp3) is 0.300. The lowest BCUT2D eigenvalue weighted by Gasteiger charge is -2.30. The van der Waals surface area contributed by atoms with E-state index in [1.807, 2.05) is 0 Å². The van der Waals surface area contributed by atoms with Gasteiger partial charge in [-0.3, -0.25) is 9.59 Å². The number of nitrogens with one attached hydrogen (secondary N) is 2. The smallest absolute Gasteiger partial charge is 0.276 e. The van der Waals surface area contributed by atoms with Gasteiger partial charge in [-0.1, -0.05) is 0 Å². The zero-order valence-electron chi connectivity index (χ0n) is 16.1. The summed E-state index contributed by atoms with van der Waals surface area (Å²) in [6.07, 6.45) is 5.07. The third kappa shape index (κ3) is 4.04. The molecule has 1 aromatic carbocycles. The lowest BCUT2D eigenvalue weighted by Crippen LogP contribution is -2.36. The van der Waals surface area contributed by atoms with E-state index in [0.29, 0.717) is 16.8 Å². The fourth-order valence-corrected chi connectivity index (χ4v) is 3.52. The van der Waals surface area contributed by atoms with E-state index < -0.39 is 5.91 Å². The van der Waals surface area contributed by atoms with Crippen LogP contribution < -0.4 is 16.4 Å². The normalized spacial score (nSPS) is 15.3. The number of piperidine rings is 1. The van der Waals surface area contributed by atoms with Gasteiger partial charge in [0.15, 0.2) is 5.69 Å². The maximum absolute atomic E-state index is 12.9. The number of nitrogens with zero attached hydrogens (tertiary/aromatic N) is 4. The molecule has 4 rings (SSSR count). The number of nitrogens with two attached hydrogens (primary N) is 1. The lowest BCUT2D eigenvalue weighted by atomic mass is 10.0. The van der Waals surface area contributed by atoms with Gasteiger partial charge in [0.1, 0.15) is 6.33 Å². The molecule has 1 aliphatic heterocycles. The Kier molecular flexibility index (Phi) is 5.13. The van der Waals surface area contributed by atoms with E-state index in [1.54, 1.807) is 41.0 Å². The van der Waals surface area contributed by atoms with E-state index in [9.17, 15) is 9.59 Å². The van der Waals surface area contributed by atoms with Gasteiger partial charge >= 0.3 is 0 Å². The first kappa shape index (κ1) is 18.9. The SMILES string of the molecule is CN1CCC(Nc2ccc(C(N)=O)cc2NC(=O)c2ncnn3cccc23)CC1. The molecule has 1 fully saturated rings. The summed E-state index contributed by atoms with van der Waals surface area (Å²) in [7, 11) is 2.10. The van der Waals surface area contributed by atoms with Crippen LogP contribution in [0.25, 0.3) is 5.52 Å². The average Bonchev–Trinajstić information content (AvgIpc) is 3.19. The molecule has 0 aliphatic carbocycles. The summed E-state index contributed by atoms with van der Waals surface area (Å²) in [5.74, 6) is -0.938. The number of carbonyl (C=O) groups excluding carboxylic acids is 2. The molecule has 0 atom stereocenters. The van der Waals surface area contributed by atoms with E-state index in [4.69, 9.17) is 5.73 Å². The highest BCUT2D eigenvalue weighted by Crippen LogP contribution is 2.27. The minimum atomic E-state index is -0.553. The molecule has 2 amide bonds. The summed E-state index contributed by atoms with van der Waals surface area (Å²) >= 11 is 0. The van der Waals surface area contributed by atoms with Crippen molar-refractivity contribution in [2.24, 2.45) is 5.73 Å². The Hall–Kier alpha value is -3.46. The third-order valence-electron chi connectivity index (χ3n) is 5.18. The summed E-state index contributed by atoms with van der Waals surface area (Å²) in [6.45, 7) is 2.01. The van der Waals surface area contributed by atoms with Crippen molar-refractivity contribution in [1.82, 2.24) is 19.5 Å². The largest absolute Gasteiger partial charge is 0.381 e. The van der Waals surface area contributed by atoms with Crippen molar-refractivity contribution in [3.8, 4) is 0 Å². The number of likely N-dealkylation sites (tertiary alicyclic amines) is 1. The predicted molar refractivity (Wildman–Crippen MR) is 110 cm³/mol. The molecule has 0 bridgehead atoms. The first-order chi connectivity index (χ1) is 14.0. The van der Waals surface area contributed by atoms with Crippen LogP contribution in [0.15, 0.2) is 42.9 Å². The van der Waals surface area contributed by atoms with Crippen molar-refractivity contribution in [1.29, 1.82) is 0 Å². The highest BCUT2D eigenvalue weighted by molar-refractivity contribution is 6.09. The molecule has 150 valence electrons. The third-order valence-corrected chi connectivity index (χ3v) is 5.18. The van der Waals surface area contributed by atoms with Crippen molar-refractivity contribution in [3.05, 3.63) is 54.1 Å². The van der Waals surface area contributed by atoms with Crippen molar-refractivity contribution in [2.45, 2.75) is 18.9 Å². The van der Waals surface area contributed by atoms with Crippen LogP contribution in [0.5, 0.6) is 0 Å². The van der Waals surface area contributed by atoms with Crippen LogP contribution in [-0.2, 0) is 0 Å². The Morgan fingerprint density at radius 1 is 1.17 bits per heavy atom. The molecule has 0 spiro atoms. The van der Waals surface area contributed by atoms with Crippen LogP contribution >= 0.6 is 0 Å². The van der Waals surface area contributed by atoms with Crippen LogP contribution in [-0.4, -0.2) is 57.5 Å². The predicted octanol–water partition coefficient (Wildman–Crippen LogP) is 1.59. The number of rotatable bonds is 5. The summed E-state index contributed by atoms with van der Waals surface area (Å²) < 4.78 is 1.58. The number of anilines is 2.